The molecular formula is C14H17NO6. The van der Waals surface area contributed by atoms with E-state index in [2.05, 4.69) is 11.8 Å². The van der Waals surface area contributed by atoms with Gasteiger partial charge in [-0.1, -0.05) is 12.8 Å². The van der Waals surface area contributed by atoms with Crippen LogP contribution >= 0.6 is 0 Å². The summed E-state index contributed by atoms with van der Waals surface area (Å²) in [5.74, 6) is 4.24. The van der Waals surface area contributed by atoms with E-state index in [1.165, 1.54) is 12.3 Å². The molecule has 0 aromatic carbocycles. The van der Waals surface area contributed by atoms with Crippen LogP contribution in [0.2, 0.25) is 0 Å². The van der Waals surface area contributed by atoms with Crippen molar-refractivity contribution in [3.63, 3.8) is 0 Å². The lowest BCUT2D eigenvalue weighted by molar-refractivity contribution is -0.153. The first-order valence-electron chi connectivity index (χ1n) is 6.63. The fourth-order valence-corrected chi connectivity index (χ4v) is 2.31. The fraction of sp³-hybridized carbons (Fsp3) is 0.571. The number of ether oxygens (including phenoxy) is 1. The number of rotatable bonds is 2. The summed E-state index contributed by atoms with van der Waals surface area (Å²) in [6.45, 7) is 1.24. The molecule has 1 saturated heterocycles. The van der Waals surface area contributed by atoms with Crippen LogP contribution in [0.1, 0.15) is 19.8 Å². The van der Waals surface area contributed by atoms with Crippen LogP contribution in [0.5, 0.6) is 0 Å². The number of hydrogen-bond donors (Lipinski definition) is 3. The van der Waals surface area contributed by atoms with E-state index in [1.54, 1.807) is 6.92 Å². The summed E-state index contributed by atoms with van der Waals surface area (Å²) in [7, 11) is 0. The second kappa shape index (κ2) is 5.95. The van der Waals surface area contributed by atoms with Gasteiger partial charge in [-0.25, -0.2) is 0 Å². The van der Waals surface area contributed by atoms with E-state index >= 15 is 0 Å². The monoisotopic (exact) mass is 295 g/mol. The number of ketones is 1. The Balaban J connectivity index is 2.37. The standard InChI is InChI=1S/C14H17NO6/c1-2-3-5-14(20)12(19)10(8-16)21-13(14)15-6-4-9(17)7-11(15)18/h4,6,10,12-13,16,19-20H,2,7-8H2,1H3/t10-,12-,13-,14-/m1/s1. The van der Waals surface area contributed by atoms with Crippen LogP contribution in [0.4, 0.5) is 0 Å². The number of nitrogens with zero attached hydrogens (tertiary/aromatic N) is 1. The molecule has 21 heavy (non-hydrogen) atoms. The molecule has 0 radical (unpaired) electrons. The molecule has 3 N–H and O–H groups in total. The molecule has 0 aromatic rings. The van der Waals surface area contributed by atoms with Crippen LogP contribution in [0.15, 0.2) is 12.3 Å². The van der Waals surface area contributed by atoms with Crippen molar-refractivity contribution in [3.8, 4) is 11.8 Å². The van der Waals surface area contributed by atoms with Gasteiger partial charge in [-0.2, -0.15) is 0 Å². The summed E-state index contributed by atoms with van der Waals surface area (Å²) in [6.07, 6.45) is -1.32. The Labute approximate surface area is 121 Å². The summed E-state index contributed by atoms with van der Waals surface area (Å²) >= 11 is 0. The molecule has 0 spiro atoms. The van der Waals surface area contributed by atoms with Crippen molar-refractivity contribution in [2.45, 2.75) is 43.8 Å². The maximum absolute atomic E-state index is 11.9. The van der Waals surface area contributed by atoms with Crippen molar-refractivity contribution >= 4 is 11.7 Å². The third kappa shape index (κ3) is 2.71. The van der Waals surface area contributed by atoms with Crippen LogP contribution < -0.4 is 0 Å². The number of amides is 1. The SMILES string of the molecule is CCC#C[C@@]1(O)[C@H](O)[C@@H](CO)O[C@H]1N1C=CC(=O)CC1=O. The van der Waals surface area contributed by atoms with E-state index in [4.69, 9.17) is 4.74 Å². The van der Waals surface area contributed by atoms with E-state index in [9.17, 15) is 24.9 Å². The third-order valence-corrected chi connectivity index (χ3v) is 3.42. The Bertz CT molecular complexity index is 533. The lowest BCUT2D eigenvalue weighted by Crippen LogP contribution is -2.55. The van der Waals surface area contributed by atoms with Crippen LogP contribution in [0, 0.1) is 11.8 Å². The van der Waals surface area contributed by atoms with Crippen molar-refractivity contribution in [2.75, 3.05) is 6.61 Å². The maximum Gasteiger partial charge on any atom is 0.236 e. The number of carbonyl (C=O) groups is 2. The zero-order valence-corrected chi connectivity index (χ0v) is 11.5. The highest BCUT2D eigenvalue weighted by atomic mass is 16.6. The van der Waals surface area contributed by atoms with Crippen molar-refractivity contribution in [2.24, 2.45) is 0 Å². The lowest BCUT2D eigenvalue weighted by atomic mass is 9.93. The molecule has 2 aliphatic heterocycles. The predicted molar refractivity (Wildman–Crippen MR) is 70.4 cm³/mol. The quantitative estimate of drug-likeness (QED) is 0.424. The molecule has 0 aliphatic carbocycles. The zero-order chi connectivity index (χ0) is 15.6. The van der Waals surface area contributed by atoms with Crippen molar-refractivity contribution in [1.29, 1.82) is 0 Å². The van der Waals surface area contributed by atoms with Crippen LogP contribution in [0.25, 0.3) is 0 Å². The van der Waals surface area contributed by atoms with Crippen molar-refractivity contribution < 1.29 is 29.6 Å². The molecule has 7 heteroatoms. The number of allylic oxidation sites excluding steroid dienone is 1. The summed E-state index contributed by atoms with van der Waals surface area (Å²) in [4.78, 5) is 24.2. The van der Waals surface area contributed by atoms with Gasteiger partial charge in [0, 0.05) is 12.6 Å². The molecule has 0 bridgehead atoms. The summed E-state index contributed by atoms with van der Waals surface area (Å²) in [5.41, 5.74) is -2.02. The van der Waals surface area contributed by atoms with E-state index < -0.39 is 36.6 Å². The van der Waals surface area contributed by atoms with Crippen LogP contribution in [-0.4, -0.2) is 62.6 Å². The van der Waals surface area contributed by atoms with Crippen LogP contribution in [0.3, 0.4) is 0 Å². The minimum atomic E-state index is -2.02. The first-order valence-corrected chi connectivity index (χ1v) is 6.63. The van der Waals surface area contributed by atoms with Crippen LogP contribution in [-0.2, 0) is 14.3 Å². The molecule has 114 valence electrons. The van der Waals surface area contributed by atoms with Gasteiger partial charge < -0.3 is 20.1 Å². The first-order chi connectivity index (χ1) is 9.93. The Morgan fingerprint density at radius 3 is 2.81 bits per heavy atom. The highest BCUT2D eigenvalue weighted by molar-refractivity contribution is 6.06. The first kappa shape index (κ1) is 15.7. The average molecular weight is 295 g/mol. The molecule has 0 aromatic heterocycles. The van der Waals surface area contributed by atoms with Gasteiger partial charge in [0.2, 0.25) is 5.91 Å². The summed E-state index contributed by atoms with van der Waals surface area (Å²) < 4.78 is 5.37. The minimum Gasteiger partial charge on any atom is -0.394 e. The van der Waals surface area contributed by atoms with Gasteiger partial charge in [-0.05, 0) is 6.08 Å². The molecule has 0 saturated carbocycles. The molecule has 1 fully saturated rings. The number of carbonyl (C=O) groups excluding carboxylic acids is 2. The molecule has 7 nitrogen and oxygen atoms in total. The molecule has 2 aliphatic rings. The number of hydrogen-bond acceptors (Lipinski definition) is 6. The van der Waals surface area contributed by atoms with Crippen molar-refractivity contribution in [3.05, 3.63) is 12.3 Å². The molecule has 4 atom stereocenters. The molecule has 0 unspecified atom stereocenters. The summed E-state index contributed by atoms with van der Waals surface area (Å²) in [6, 6.07) is 0. The second-order valence-electron chi connectivity index (χ2n) is 4.89. The van der Waals surface area contributed by atoms with Gasteiger partial charge in [0.15, 0.2) is 17.6 Å². The Morgan fingerprint density at radius 1 is 1.52 bits per heavy atom. The fourth-order valence-electron chi connectivity index (χ4n) is 2.31. The van der Waals surface area contributed by atoms with E-state index in [0.29, 0.717) is 6.42 Å². The smallest absolute Gasteiger partial charge is 0.236 e. The zero-order valence-electron chi connectivity index (χ0n) is 11.5. The highest BCUT2D eigenvalue weighted by Crippen LogP contribution is 2.34. The Morgan fingerprint density at radius 2 is 2.24 bits per heavy atom. The predicted octanol–water partition coefficient (Wildman–Crippen LogP) is -1.48. The second-order valence-corrected chi connectivity index (χ2v) is 4.89. The van der Waals surface area contributed by atoms with Gasteiger partial charge in [0.25, 0.3) is 0 Å². The molecule has 2 heterocycles. The average Bonchev–Trinajstić information content (AvgIpc) is 2.70. The topological polar surface area (TPSA) is 107 Å². The van der Waals surface area contributed by atoms with Gasteiger partial charge >= 0.3 is 0 Å². The van der Waals surface area contributed by atoms with E-state index in [0.717, 1.165) is 4.90 Å². The Kier molecular flexibility index (Phi) is 4.44. The van der Waals surface area contributed by atoms with Crippen molar-refractivity contribution in [1.82, 2.24) is 4.90 Å². The van der Waals surface area contributed by atoms with E-state index in [-0.39, 0.29) is 12.2 Å². The highest BCUT2D eigenvalue weighted by Gasteiger charge is 2.57. The minimum absolute atomic E-state index is 0.340. The third-order valence-electron chi connectivity index (χ3n) is 3.42. The maximum atomic E-state index is 11.9. The normalized spacial score (nSPS) is 35.8. The molecular weight excluding hydrogens is 278 g/mol. The largest absolute Gasteiger partial charge is 0.394 e. The molecule has 2 rings (SSSR count). The lowest BCUT2D eigenvalue weighted by Gasteiger charge is -2.33. The van der Waals surface area contributed by atoms with Gasteiger partial charge in [0.05, 0.1) is 13.0 Å². The van der Waals surface area contributed by atoms with E-state index in [1.807, 2.05) is 0 Å². The Hall–Kier alpha value is -1.72. The van der Waals surface area contributed by atoms with Gasteiger partial charge in [0.1, 0.15) is 12.2 Å². The number of aliphatic hydroxyl groups excluding tert-OH is 2. The van der Waals surface area contributed by atoms with Gasteiger partial charge in [-0.15, -0.1) is 5.92 Å². The molecule has 1 amide bonds. The number of aliphatic hydroxyl groups is 3. The summed E-state index contributed by atoms with van der Waals surface area (Å²) in [5, 5.41) is 29.9. The van der Waals surface area contributed by atoms with Gasteiger partial charge in [-0.3, -0.25) is 14.5 Å².